The van der Waals surface area contributed by atoms with Gasteiger partial charge in [0.2, 0.25) is 11.8 Å². The lowest BCUT2D eigenvalue weighted by Gasteiger charge is -2.60. The van der Waals surface area contributed by atoms with Crippen LogP contribution in [0.1, 0.15) is 39.5 Å². The number of amides is 2. The fourth-order valence-electron chi connectivity index (χ4n) is 3.93. The molecule has 0 bridgehead atoms. The summed E-state index contributed by atoms with van der Waals surface area (Å²) < 4.78 is 5.86. The molecular formula is C14H22N2O3. The van der Waals surface area contributed by atoms with Crippen LogP contribution in [0.25, 0.3) is 0 Å². The molecule has 2 amide bonds. The van der Waals surface area contributed by atoms with E-state index in [1.807, 2.05) is 0 Å². The smallest absolute Gasteiger partial charge is 0.243 e. The van der Waals surface area contributed by atoms with Crippen molar-refractivity contribution in [2.45, 2.75) is 57.7 Å². The molecule has 4 unspecified atom stereocenters. The van der Waals surface area contributed by atoms with Crippen LogP contribution in [0.2, 0.25) is 0 Å². The highest BCUT2D eigenvalue weighted by Crippen LogP contribution is 2.51. The summed E-state index contributed by atoms with van der Waals surface area (Å²) in [5.41, 5.74) is 0.0623. The molecule has 0 aromatic carbocycles. The summed E-state index contributed by atoms with van der Waals surface area (Å²) in [7, 11) is 0. The summed E-state index contributed by atoms with van der Waals surface area (Å²) in [5.74, 6) is 0.177. The van der Waals surface area contributed by atoms with Crippen molar-refractivity contribution in [3.63, 3.8) is 0 Å². The highest BCUT2D eigenvalue weighted by molar-refractivity contribution is 6.00. The summed E-state index contributed by atoms with van der Waals surface area (Å²) in [6, 6.07) is 0.0756. The number of ether oxygens (including phenoxy) is 1. The van der Waals surface area contributed by atoms with E-state index in [2.05, 4.69) is 24.5 Å². The zero-order chi connectivity index (χ0) is 13.6. The molecule has 0 radical (unpaired) electrons. The predicted molar refractivity (Wildman–Crippen MR) is 69.3 cm³/mol. The second-order valence-corrected chi connectivity index (χ2v) is 6.57. The Balaban J connectivity index is 1.66. The van der Waals surface area contributed by atoms with Crippen molar-refractivity contribution in [1.82, 2.24) is 10.6 Å². The molecule has 2 heterocycles. The third kappa shape index (κ3) is 2.09. The van der Waals surface area contributed by atoms with Gasteiger partial charge in [-0.1, -0.05) is 13.8 Å². The maximum atomic E-state index is 11.8. The average Bonchev–Trinajstić information content (AvgIpc) is 2.37. The zero-order valence-electron chi connectivity index (χ0n) is 11.6. The molecule has 5 heteroatoms. The van der Waals surface area contributed by atoms with Crippen LogP contribution in [-0.2, 0) is 14.3 Å². The Kier molecular flexibility index (Phi) is 3.14. The Morgan fingerprint density at radius 3 is 2.84 bits per heavy atom. The van der Waals surface area contributed by atoms with Crippen LogP contribution < -0.4 is 10.6 Å². The second kappa shape index (κ2) is 4.56. The van der Waals surface area contributed by atoms with Gasteiger partial charge >= 0.3 is 0 Å². The molecule has 2 saturated heterocycles. The van der Waals surface area contributed by atoms with Gasteiger partial charge in [0.05, 0.1) is 12.1 Å². The third-order valence-electron chi connectivity index (χ3n) is 4.95. The summed E-state index contributed by atoms with van der Waals surface area (Å²) in [6.07, 6.45) is 3.62. The molecule has 3 rings (SSSR count). The number of carbonyl (C=O) groups excluding carboxylic acids is 2. The molecule has 1 aliphatic carbocycles. The van der Waals surface area contributed by atoms with E-state index in [0.717, 1.165) is 13.0 Å². The highest BCUT2D eigenvalue weighted by atomic mass is 16.5. The minimum absolute atomic E-state index is 0.0623. The van der Waals surface area contributed by atoms with E-state index in [4.69, 9.17) is 4.74 Å². The van der Waals surface area contributed by atoms with Gasteiger partial charge in [-0.25, -0.2) is 0 Å². The number of carbonyl (C=O) groups is 2. The molecule has 1 saturated carbocycles. The number of rotatable bonds is 2. The first-order chi connectivity index (χ1) is 9.00. The van der Waals surface area contributed by atoms with Gasteiger partial charge in [0.25, 0.3) is 0 Å². The molecule has 3 fully saturated rings. The molecular weight excluding hydrogens is 244 g/mol. The van der Waals surface area contributed by atoms with E-state index in [0.29, 0.717) is 30.9 Å². The Morgan fingerprint density at radius 2 is 2.11 bits per heavy atom. The number of hydrogen-bond donors (Lipinski definition) is 2. The predicted octanol–water partition coefficient (Wildman–Crippen LogP) is 0.585. The lowest BCUT2D eigenvalue weighted by atomic mass is 9.55. The van der Waals surface area contributed by atoms with Gasteiger partial charge in [-0.2, -0.15) is 0 Å². The van der Waals surface area contributed by atoms with Crippen molar-refractivity contribution in [2.24, 2.45) is 11.3 Å². The van der Waals surface area contributed by atoms with E-state index >= 15 is 0 Å². The van der Waals surface area contributed by atoms with Gasteiger partial charge in [-0.15, -0.1) is 0 Å². The first-order valence-electron chi connectivity index (χ1n) is 7.21. The number of piperidine rings is 1. The lowest BCUT2D eigenvalue weighted by Crippen LogP contribution is -2.72. The van der Waals surface area contributed by atoms with E-state index < -0.39 is 0 Å². The van der Waals surface area contributed by atoms with Crippen LogP contribution in [0, 0.1) is 11.3 Å². The Morgan fingerprint density at radius 1 is 1.32 bits per heavy atom. The number of hydrogen-bond acceptors (Lipinski definition) is 4. The molecule has 4 atom stereocenters. The minimum atomic E-state index is -0.232. The van der Waals surface area contributed by atoms with Crippen LogP contribution in [0.3, 0.4) is 0 Å². The molecule has 0 aromatic heterocycles. The number of fused-ring (bicyclic) bond motifs is 1. The van der Waals surface area contributed by atoms with Gasteiger partial charge in [0, 0.05) is 30.4 Å². The number of nitrogens with one attached hydrogen (secondary N) is 2. The fraction of sp³-hybridized carbons (Fsp3) is 0.857. The third-order valence-corrected chi connectivity index (χ3v) is 4.95. The van der Waals surface area contributed by atoms with Crippen LogP contribution in [0.5, 0.6) is 0 Å². The molecule has 19 heavy (non-hydrogen) atoms. The Hall–Kier alpha value is -0.940. The van der Waals surface area contributed by atoms with Crippen molar-refractivity contribution in [2.75, 3.05) is 6.61 Å². The molecule has 2 aliphatic heterocycles. The molecule has 106 valence electrons. The van der Waals surface area contributed by atoms with E-state index in [9.17, 15) is 9.59 Å². The largest absolute Gasteiger partial charge is 0.377 e. The maximum Gasteiger partial charge on any atom is 0.243 e. The Bertz CT molecular complexity index is 407. The number of imide groups is 1. The van der Waals surface area contributed by atoms with Gasteiger partial charge in [0.1, 0.15) is 0 Å². The first-order valence-corrected chi connectivity index (χ1v) is 7.21. The van der Waals surface area contributed by atoms with Crippen LogP contribution in [0.4, 0.5) is 0 Å². The quantitative estimate of drug-likeness (QED) is 0.718. The second-order valence-electron chi connectivity index (χ2n) is 6.57. The standard InChI is InChI=1S/C14H22N2O3/c1-14(2)11(8-4-3-7-19-12(8)14)15-9-5-6-10(17)16-13(9)18/h8-9,11-12,15H,3-7H2,1-2H3,(H,16,17,18). The summed E-state index contributed by atoms with van der Waals surface area (Å²) >= 11 is 0. The molecule has 5 nitrogen and oxygen atoms in total. The summed E-state index contributed by atoms with van der Waals surface area (Å²) in [5, 5.41) is 5.88. The van der Waals surface area contributed by atoms with Crippen LogP contribution in [0.15, 0.2) is 0 Å². The topological polar surface area (TPSA) is 67.4 Å². The zero-order valence-corrected chi connectivity index (χ0v) is 11.6. The van der Waals surface area contributed by atoms with Crippen LogP contribution >= 0.6 is 0 Å². The normalized spacial score (nSPS) is 41.2. The van der Waals surface area contributed by atoms with E-state index in [1.54, 1.807) is 0 Å². The van der Waals surface area contributed by atoms with Crippen LogP contribution in [-0.4, -0.2) is 36.6 Å². The lowest BCUT2D eigenvalue weighted by molar-refractivity contribution is -0.195. The van der Waals surface area contributed by atoms with Gasteiger partial charge < -0.3 is 10.1 Å². The average molecular weight is 266 g/mol. The van der Waals surface area contributed by atoms with Gasteiger partial charge in [0.15, 0.2) is 0 Å². The van der Waals surface area contributed by atoms with Crippen molar-refractivity contribution >= 4 is 11.8 Å². The molecule has 0 spiro atoms. The fourth-order valence-corrected chi connectivity index (χ4v) is 3.93. The van der Waals surface area contributed by atoms with Crippen molar-refractivity contribution < 1.29 is 14.3 Å². The SMILES string of the molecule is CC1(C)C(NC2CCC(=O)NC2=O)C2CCCOC21. The van der Waals surface area contributed by atoms with Gasteiger partial charge in [-0.05, 0) is 19.3 Å². The maximum absolute atomic E-state index is 11.8. The monoisotopic (exact) mass is 266 g/mol. The Labute approximate surface area is 113 Å². The van der Waals surface area contributed by atoms with Gasteiger partial charge in [-0.3, -0.25) is 14.9 Å². The summed E-state index contributed by atoms with van der Waals surface area (Å²) in [4.78, 5) is 23.0. The van der Waals surface area contributed by atoms with Crippen molar-refractivity contribution in [1.29, 1.82) is 0 Å². The highest BCUT2D eigenvalue weighted by Gasteiger charge is 2.58. The van der Waals surface area contributed by atoms with E-state index in [1.165, 1.54) is 6.42 Å². The van der Waals surface area contributed by atoms with Crippen molar-refractivity contribution in [3.8, 4) is 0 Å². The molecule has 2 N–H and O–H groups in total. The first kappa shape index (κ1) is 13.1. The molecule has 0 aromatic rings. The van der Waals surface area contributed by atoms with E-state index in [-0.39, 0.29) is 23.3 Å². The van der Waals surface area contributed by atoms with Crippen molar-refractivity contribution in [3.05, 3.63) is 0 Å². The minimum Gasteiger partial charge on any atom is -0.377 e. The molecule has 3 aliphatic rings. The summed E-state index contributed by atoms with van der Waals surface area (Å²) in [6.45, 7) is 5.25.